The first kappa shape index (κ1) is 20.9. The highest BCUT2D eigenvalue weighted by Crippen LogP contribution is 2.30. The summed E-state index contributed by atoms with van der Waals surface area (Å²) in [5, 5.41) is 4.55. The van der Waals surface area contributed by atoms with Crippen LogP contribution in [0.5, 0.6) is 5.88 Å². The fraction of sp³-hybridized carbons (Fsp3) is 0.292. The van der Waals surface area contributed by atoms with Crippen LogP contribution in [0.3, 0.4) is 0 Å². The molecule has 0 amide bonds. The molecule has 0 atom stereocenters. The second-order valence-electron chi connectivity index (χ2n) is 7.93. The number of benzene rings is 1. The van der Waals surface area contributed by atoms with Crippen LogP contribution >= 0.6 is 0 Å². The Hall–Kier alpha value is -4.01. The number of hydrogen-bond donors (Lipinski definition) is 1. The monoisotopic (exact) mass is 444 g/mol. The van der Waals surface area contributed by atoms with Gasteiger partial charge in [0.05, 0.1) is 23.6 Å². The highest BCUT2D eigenvalue weighted by Gasteiger charge is 2.21. The first-order chi connectivity index (χ1) is 16.0. The smallest absolute Gasteiger partial charge is 0.277 e. The number of aromatic nitrogens is 5. The number of pyridine rings is 1. The lowest BCUT2D eigenvalue weighted by Crippen LogP contribution is -2.34. The Labute approximate surface area is 190 Å². The summed E-state index contributed by atoms with van der Waals surface area (Å²) >= 11 is 0. The Morgan fingerprint density at radius 2 is 1.79 bits per heavy atom. The number of piperidine rings is 1. The van der Waals surface area contributed by atoms with Crippen LogP contribution in [-0.2, 0) is 4.79 Å². The lowest BCUT2D eigenvalue weighted by Gasteiger charge is -2.27. The maximum absolute atomic E-state index is 13.1. The molecule has 4 heterocycles. The molecule has 5 rings (SSSR count). The molecule has 1 aliphatic heterocycles. The van der Waals surface area contributed by atoms with Crippen molar-refractivity contribution in [1.29, 1.82) is 0 Å². The molecule has 4 aromatic rings. The molecule has 0 aliphatic carbocycles. The van der Waals surface area contributed by atoms with E-state index in [1.54, 1.807) is 4.68 Å². The van der Waals surface area contributed by atoms with Gasteiger partial charge in [0.2, 0.25) is 5.88 Å². The van der Waals surface area contributed by atoms with Gasteiger partial charge in [0.15, 0.2) is 5.52 Å². The summed E-state index contributed by atoms with van der Waals surface area (Å²) in [6, 6.07) is 13.2. The fourth-order valence-electron chi connectivity index (χ4n) is 4.07. The SMILES string of the molecule is CCOc1nc(N2CCC(=O)CC2)ccc1-c1nc2c(C)nn(-c3ccccc3)c2c(=O)[nH]1. The Kier molecular flexibility index (Phi) is 5.37. The number of ketones is 1. The van der Waals surface area contributed by atoms with Crippen molar-refractivity contribution in [3.8, 4) is 23.0 Å². The van der Waals surface area contributed by atoms with Crippen molar-refractivity contribution in [2.24, 2.45) is 0 Å². The van der Waals surface area contributed by atoms with Gasteiger partial charge in [0.1, 0.15) is 22.9 Å². The molecule has 3 aromatic heterocycles. The summed E-state index contributed by atoms with van der Waals surface area (Å²) in [7, 11) is 0. The number of anilines is 1. The van der Waals surface area contributed by atoms with Gasteiger partial charge in [-0.1, -0.05) is 18.2 Å². The molecule has 0 spiro atoms. The number of fused-ring (bicyclic) bond motifs is 1. The van der Waals surface area contributed by atoms with E-state index in [2.05, 4.69) is 20.0 Å². The zero-order valence-corrected chi connectivity index (χ0v) is 18.5. The van der Waals surface area contributed by atoms with E-state index in [1.807, 2.05) is 56.3 Å². The summed E-state index contributed by atoms with van der Waals surface area (Å²) in [5.74, 6) is 1.78. The molecule has 9 heteroatoms. The first-order valence-electron chi connectivity index (χ1n) is 11.0. The van der Waals surface area contributed by atoms with E-state index < -0.39 is 0 Å². The largest absolute Gasteiger partial charge is 0.477 e. The number of ether oxygens (including phenoxy) is 1. The van der Waals surface area contributed by atoms with Crippen LogP contribution in [0.15, 0.2) is 47.3 Å². The molecular weight excluding hydrogens is 420 g/mol. The van der Waals surface area contributed by atoms with Crippen LogP contribution in [0.4, 0.5) is 5.82 Å². The zero-order valence-electron chi connectivity index (χ0n) is 18.5. The molecule has 168 valence electrons. The van der Waals surface area contributed by atoms with E-state index in [-0.39, 0.29) is 11.3 Å². The molecule has 1 fully saturated rings. The summed E-state index contributed by atoms with van der Waals surface area (Å²) in [5.41, 5.74) is 2.67. The van der Waals surface area contributed by atoms with Gasteiger partial charge in [0.25, 0.3) is 5.56 Å². The number of carbonyl (C=O) groups excluding carboxylic acids is 1. The fourth-order valence-corrected chi connectivity index (χ4v) is 4.07. The van der Waals surface area contributed by atoms with E-state index in [0.717, 1.165) is 11.5 Å². The van der Waals surface area contributed by atoms with Crippen LogP contribution in [0, 0.1) is 6.92 Å². The van der Waals surface area contributed by atoms with Gasteiger partial charge in [-0.25, -0.2) is 9.67 Å². The Morgan fingerprint density at radius 1 is 1.03 bits per heavy atom. The molecule has 1 aromatic carbocycles. The average Bonchev–Trinajstić information content (AvgIpc) is 3.17. The molecule has 0 unspecified atom stereocenters. The second kappa shape index (κ2) is 8.50. The number of carbonyl (C=O) groups is 1. The van der Waals surface area contributed by atoms with Crippen molar-refractivity contribution in [1.82, 2.24) is 24.7 Å². The second-order valence-corrected chi connectivity index (χ2v) is 7.93. The molecule has 33 heavy (non-hydrogen) atoms. The van der Waals surface area contributed by atoms with Crippen molar-refractivity contribution in [2.45, 2.75) is 26.7 Å². The Balaban J connectivity index is 1.59. The highest BCUT2D eigenvalue weighted by atomic mass is 16.5. The number of nitrogens with zero attached hydrogens (tertiary/aromatic N) is 5. The first-order valence-corrected chi connectivity index (χ1v) is 11.0. The number of H-pyrrole nitrogens is 1. The molecule has 0 saturated carbocycles. The van der Waals surface area contributed by atoms with Gasteiger partial charge in [-0.15, -0.1) is 0 Å². The van der Waals surface area contributed by atoms with Gasteiger partial charge in [0, 0.05) is 25.9 Å². The zero-order chi connectivity index (χ0) is 22.9. The van der Waals surface area contributed by atoms with Crippen LogP contribution in [-0.4, -0.2) is 50.2 Å². The van der Waals surface area contributed by atoms with Crippen LogP contribution in [0.2, 0.25) is 0 Å². The van der Waals surface area contributed by atoms with E-state index in [4.69, 9.17) is 9.72 Å². The van der Waals surface area contributed by atoms with Crippen LogP contribution in [0.25, 0.3) is 28.1 Å². The summed E-state index contributed by atoms with van der Waals surface area (Å²) < 4.78 is 7.43. The number of nitrogens with one attached hydrogen (secondary N) is 1. The summed E-state index contributed by atoms with van der Waals surface area (Å²) in [6.07, 6.45) is 1.03. The van der Waals surface area contributed by atoms with Crippen molar-refractivity contribution >= 4 is 22.6 Å². The van der Waals surface area contributed by atoms with Gasteiger partial charge in [-0.05, 0) is 38.1 Å². The molecule has 1 saturated heterocycles. The maximum atomic E-state index is 13.1. The van der Waals surface area contributed by atoms with Crippen molar-refractivity contribution in [2.75, 3.05) is 24.6 Å². The molecule has 1 aliphatic rings. The number of Topliss-reactive ketones (excluding diaryl/α,β-unsaturated/α-hetero) is 1. The minimum atomic E-state index is -0.291. The topological polar surface area (TPSA) is 106 Å². The summed E-state index contributed by atoms with van der Waals surface area (Å²) in [6.45, 7) is 5.40. The van der Waals surface area contributed by atoms with Gasteiger partial charge in [-0.3, -0.25) is 9.59 Å². The van der Waals surface area contributed by atoms with E-state index >= 15 is 0 Å². The van der Waals surface area contributed by atoms with Crippen molar-refractivity contribution in [3.05, 3.63) is 58.5 Å². The number of hydrogen-bond acceptors (Lipinski definition) is 7. The predicted octanol–water partition coefficient (Wildman–Crippen LogP) is 3.05. The Bertz CT molecular complexity index is 1380. The third-order valence-corrected chi connectivity index (χ3v) is 5.73. The van der Waals surface area contributed by atoms with Gasteiger partial charge >= 0.3 is 0 Å². The number of rotatable bonds is 5. The number of aromatic amines is 1. The molecule has 0 radical (unpaired) electrons. The lowest BCUT2D eigenvalue weighted by atomic mass is 10.1. The average molecular weight is 444 g/mol. The van der Waals surface area contributed by atoms with E-state index in [0.29, 0.717) is 66.5 Å². The number of para-hydroxylation sites is 1. The quantitative estimate of drug-likeness (QED) is 0.504. The normalized spacial score (nSPS) is 14.1. The molecule has 0 bridgehead atoms. The molecule has 1 N–H and O–H groups in total. The highest BCUT2D eigenvalue weighted by molar-refractivity contribution is 5.82. The third kappa shape index (κ3) is 3.86. The Morgan fingerprint density at radius 3 is 2.52 bits per heavy atom. The van der Waals surface area contributed by atoms with E-state index in [1.165, 1.54) is 0 Å². The minimum Gasteiger partial charge on any atom is -0.477 e. The van der Waals surface area contributed by atoms with Crippen LogP contribution < -0.4 is 15.2 Å². The maximum Gasteiger partial charge on any atom is 0.277 e. The van der Waals surface area contributed by atoms with Gasteiger partial charge < -0.3 is 14.6 Å². The predicted molar refractivity (Wildman–Crippen MR) is 125 cm³/mol. The summed E-state index contributed by atoms with van der Waals surface area (Å²) in [4.78, 5) is 39.1. The molecule has 9 nitrogen and oxygen atoms in total. The standard InChI is InChI=1S/C24H24N6O3/c1-3-33-24-18(9-10-19(25-24)29-13-11-17(31)12-14-29)22-26-20-15(2)28-30(21(20)23(32)27-22)16-7-5-4-6-8-16/h4-10H,3,11-14H2,1-2H3,(H,26,27,32). The number of aryl methyl sites for hydroxylation is 1. The third-order valence-electron chi connectivity index (χ3n) is 5.73. The van der Waals surface area contributed by atoms with Crippen molar-refractivity contribution in [3.63, 3.8) is 0 Å². The van der Waals surface area contributed by atoms with E-state index in [9.17, 15) is 9.59 Å². The van der Waals surface area contributed by atoms with Crippen LogP contribution in [0.1, 0.15) is 25.5 Å². The lowest BCUT2D eigenvalue weighted by molar-refractivity contribution is -0.119. The van der Waals surface area contributed by atoms with Gasteiger partial charge in [-0.2, -0.15) is 10.1 Å². The molecular formula is C24H24N6O3. The van der Waals surface area contributed by atoms with Crippen molar-refractivity contribution < 1.29 is 9.53 Å². The minimum absolute atomic E-state index is 0.273.